The maximum atomic E-state index is 13.3. The van der Waals surface area contributed by atoms with E-state index in [0.717, 1.165) is 5.56 Å². The molecule has 0 saturated carbocycles. The van der Waals surface area contributed by atoms with Crippen LogP contribution in [-0.2, 0) is 6.54 Å². The van der Waals surface area contributed by atoms with Crippen LogP contribution in [-0.4, -0.2) is 48.3 Å². The predicted octanol–water partition coefficient (Wildman–Crippen LogP) is 4.47. The highest BCUT2D eigenvalue weighted by molar-refractivity contribution is 6.30. The van der Waals surface area contributed by atoms with Crippen LogP contribution >= 0.6 is 11.6 Å². The zero-order chi connectivity index (χ0) is 22.5. The Morgan fingerprint density at radius 2 is 1.68 bits per heavy atom. The smallest absolute Gasteiger partial charge is 0.254 e. The van der Waals surface area contributed by atoms with E-state index >= 15 is 0 Å². The molecule has 3 aromatic rings. The van der Waals surface area contributed by atoms with E-state index in [1.54, 1.807) is 41.3 Å². The number of methoxy groups -OCH3 is 3. The molecule has 0 spiro atoms. The topological polar surface area (TPSA) is 86.9 Å². The summed E-state index contributed by atoms with van der Waals surface area (Å²) in [4.78, 5) is 19.4. The van der Waals surface area contributed by atoms with Crippen LogP contribution in [0.25, 0.3) is 11.4 Å². The van der Waals surface area contributed by atoms with Gasteiger partial charge < -0.3 is 23.6 Å². The Bertz CT molecular complexity index is 1020. The van der Waals surface area contributed by atoms with Crippen molar-refractivity contribution in [3.05, 3.63) is 52.9 Å². The first-order chi connectivity index (χ1) is 14.9. The van der Waals surface area contributed by atoms with Gasteiger partial charge in [0.2, 0.25) is 17.5 Å². The molecule has 0 radical (unpaired) electrons. The van der Waals surface area contributed by atoms with Gasteiger partial charge in [-0.3, -0.25) is 4.79 Å². The zero-order valence-electron chi connectivity index (χ0n) is 18.0. The van der Waals surface area contributed by atoms with Gasteiger partial charge in [0.05, 0.1) is 21.3 Å². The Morgan fingerprint density at radius 3 is 2.19 bits per heavy atom. The highest BCUT2D eigenvalue weighted by Gasteiger charge is 2.25. The maximum Gasteiger partial charge on any atom is 0.254 e. The summed E-state index contributed by atoms with van der Waals surface area (Å²) >= 11 is 5.93. The van der Waals surface area contributed by atoms with E-state index in [9.17, 15) is 4.79 Å². The van der Waals surface area contributed by atoms with Gasteiger partial charge in [-0.25, -0.2) is 0 Å². The molecular weight excluding hydrogens is 422 g/mol. The number of carbonyl (C=O) groups is 1. The number of halogens is 1. The summed E-state index contributed by atoms with van der Waals surface area (Å²) in [5.41, 5.74) is 1.16. The fourth-order valence-electron chi connectivity index (χ4n) is 3.04. The number of hydrogen-bond acceptors (Lipinski definition) is 7. The van der Waals surface area contributed by atoms with Crippen LogP contribution < -0.4 is 14.2 Å². The fourth-order valence-corrected chi connectivity index (χ4v) is 3.17. The third kappa shape index (κ3) is 4.91. The molecule has 0 N–H and O–H groups in total. The van der Waals surface area contributed by atoms with E-state index in [1.807, 2.05) is 13.8 Å². The van der Waals surface area contributed by atoms with E-state index in [2.05, 4.69) is 10.1 Å². The van der Waals surface area contributed by atoms with Crippen molar-refractivity contribution in [3.63, 3.8) is 0 Å². The molecule has 1 amide bonds. The molecule has 3 rings (SSSR count). The molecule has 0 fully saturated rings. The van der Waals surface area contributed by atoms with E-state index in [0.29, 0.717) is 39.5 Å². The Morgan fingerprint density at radius 1 is 1.06 bits per heavy atom. The van der Waals surface area contributed by atoms with Crippen molar-refractivity contribution in [2.24, 2.45) is 0 Å². The molecule has 2 aromatic carbocycles. The molecule has 0 saturated heterocycles. The molecule has 0 aliphatic rings. The minimum atomic E-state index is -0.236. The molecule has 31 heavy (non-hydrogen) atoms. The summed E-state index contributed by atoms with van der Waals surface area (Å²) in [5.74, 6) is 1.73. The fraction of sp³-hybridized carbons (Fsp3) is 0.318. The second-order valence-corrected chi connectivity index (χ2v) is 7.40. The molecule has 0 aliphatic carbocycles. The van der Waals surface area contributed by atoms with Crippen molar-refractivity contribution >= 4 is 17.5 Å². The number of nitrogens with zero attached hydrogens (tertiary/aromatic N) is 3. The van der Waals surface area contributed by atoms with Crippen LogP contribution in [0.3, 0.4) is 0 Å². The van der Waals surface area contributed by atoms with Crippen LogP contribution in [0.4, 0.5) is 0 Å². The SMILES string of the molecule is COc1cc(C(=O)N(Cc2nc(-c3ccc(Cl)cc3)no2)C(C)C)cc(OC)c1OC. The highest BCUT2D eigenvalue weighted by atomic mass is 35.5. The summed E-state index contributed by atoms with van der Waals surface area (Å²) in [7, 11) is 4.52. The van der Waals surface area contributed by atoms with E-state index in [4.69, 9.17) is 30.3 Å². The monoisotopic (exact) mass is 445 g/mol. The van der Waals surface area contributed by atoms with Crippen LogP contribution in [0.1, 0.15) is 30.1 Å². The highest BCUT2D eigenvalue weighted by Crippen LogP contribution is 2.38. The predicted molar refractivity (Wildman–Crippen MR) is 116 cm³/mol. The number of aromatic nitrogens is 2. The van der Waals surface area contributed by atoms with Gasteiger partial charge >= 0.3 is 0 Å². The lowest BCUT2D eigenvalue weighted by Crippen LogP contribution is -2.36. The van der Waals surface area contributed by atoms with Crippen molar-refractivity contribution in [1.29, 1.82) is 0 Å². The molecule has 1 heterocycles. The van der Waals surface area contributed by atoms with Crippen LogP contribution in [0.15, 0.2) is 40.9 Å². The first-order valence-electron chi connectivity index (χ1n) is 9.57. The van der Waals surface area contributed by atoms with Gasteiger partial charge in [-0.15, -0.1) is 0 Å². The second-order valence-electron chi connectivity index (χ2n) is 6.96. The van der Waals surface area contributed by atoms with Crippen molar-refractivity contribution in [2.75, 3.05) is 21.3 Å². The molecule has 8 nitrogen and oxygen atoms in total. The Balaban J connectivity index is 1.88. The lowest BCUT2D eigenvalue weighted by atomic mass is 10.1. The van der Waals surface area contributed by atoms with E-state index in [-0.39, 0.29) is 18.5 Å². The molecule has 0 atom stereocenters. The molecule has 9 heteroatoms. The maximum absolute atomic E-state index is 13.3. The Kier molecular flexibility index (Phi) is 7.02. The average Bonchev–Trinajstić information content (AvgIpc) is 3.24. The number of ether oxygens (including phenoxy) is 3. The third-order valence-electron chi connectivity index (χ3n) is 4.67. The summed E-state index contributed by atoms with van der Waals surface area (Å²) in [6, 6.07) is 10.2. The quantitative estimate of drug-likeness (QED) is 0.505. The van der Waals surface area contributed by atoms with Crippen molar-refractivity contribution in [3.8, 4) is 28.6 Å². The minimum Gasteiger partial charge on any atom is -0.493 e. The van der Waals surface area contributed by atoms with Gasteiger partial charge in [-0.2, -0.15) is 4.98 Å². The Hall–Kier alpha value is -3.26. The summed E-state index contributed by atoms with van der Waals surface area (Å²) in [5, 5.41) is 4.63. The summed E-state index contributed by atoms with van der Waals surface area (Å²) < 4.78 is 21.4. The first kappa shape index (κ1) is 22.4. The largest absolute Gasteiger partial charge is 0.493 e. The molecule has 0 bridgehead atoms. The molecular formula is C22H24ClN3O5. The summed E-state index contributed by atoms with van der Waals surface area (Å²) in [6.07, 6.45) is 0. The van der Waals surface area contributed by atoms with Gasteiger partial charge in [0.15, 0.2) is 11.5 Å². The average molecular weight is 446 g/mol. The molecule has 1 aromatic heterocycles. The van der Waals surface area contributed by atoms with E-state index < -0.39 is 0 Å². The molecule has 0 unspecified atom stereocenters. The van der Waals surface area contributed by atoms with Gasteiger partial charge in [0, 0.05) is 22.2 Å². The standard InChI is InChI=1S/C22H24ClN3O5/c1-13(2)26(12-19-24-21(25-31-19)14-6-8-16(23)9-7-14)22(27)15-10-17(28-3)20(30-5)18(11-15)29-4/h6-11,13H,12H2,1-5H3. The van der Waals surface area contributed by atoms with Crippen LogP contribution in [0.2, 0.25) is 5.02 Å². The first-order valence-corrected chi connectivity index (χ1v) is 9.95. The third-order valence-corrected chi connectivity index (χ3v) is 4.92. The molecule has 164 valence electrons. The van der Waals surface area contributed by atoms with Crippen LogP contribution in [0.5, 0.6) is 17.2 Å². The van der Waals surface area contributed by atoms with Crippen molar-refractivity contribution in [1.82, 2.24) is 15.0 Å². The minimum absolute atomic E-state index is 0.127. The van der Waals surface area contributed by atoms with Crippen molar-refractivity contribution < 1.29 is 23.5 Å². The van der Waals surface area contributed by atoms with Crippen LogP contribution in [0, 0.1) is 0 Å². The lowest BCUT2D eigenvalue weighted by molar-refractivity contribution is 0.0666. The normalized spacial score (nSPS) is 10.8. The van der Waals surface area contributed by atoms with Gasteiger partial charge in [-0.05, 0) is 50.2 Å². The number of hydrogen-bond donors (Lipinski definition) is 0. The molecule has 0 aliphatic heterocycles. The Labute approximate surface area is 185 Å². The number of carbonyl (C=O) groups excluding carboxylic acids is 1. The zero-order valence-corrected chi connectivity index (χ0v) is 18.8. The second kappa shape index (κ2) is 9.70. The van der Waals surface area contributed by atoms with Gasteiger partial charge in [-0.1, -0.05) is 16.8 Å². The summed E-state index contributed by atoms with van der Waals surface area (Å²) in [6.45, 7) is 3.96. The van der Waals surface area contributed by atoms with E-state index in [1.165, 1.54) is 21.3 Å². The number of amides is 1. The number of rotatable bonds is 8. The van der Waals surface area contributed by atoms with Gasteiger partial charge in [0.1, 0.15) is 6.54 Å². The van der Waals surface area contributed by atoms with Crippen molar-refractivity contribution in [2.45, 2.75) is 26.4 Å². The lowest BCUT2D eigenvalue weighted by Gasteiger charge is -2.26. The van der Waals surface area contributed by atoms with Gasteiger partial charge in [0.25, 0.3) is 5.91 Å². The number of benzene rings is 2.